The zero-order valence-electron chi connectivity index (χ0n) is 17.6. The van der Waals surface area contributed by atoms with Gasteiger partial charge in [-0.25, -0.2) is 0 Å². The molecular formula is C16H17N3O. The van der Waals surface area contributed by atoms with E-state index in [0.29, 0.717) is 5.56 Å². The van der Waals surface area contributed by atoms with Crippen LogP contribution in [0.4, 0.5) is 0 Å². The van der Waals surface area contributed by atoms with Gasteiger partial charge in [0.05, 0.1) is 5.48 Å². The molecule has 102 valence electrons. The van der Waals surface area contributed by atoms with E-state index in [9.17, 15) is 0 Å². The first-order valence-electron chi connectivity index (χ1n) is 9.51. The maximum atomic E-state index is 8.48. The SMILES string of the molecule is [2H]c1c([2H])c([2H])c(C([2H])([2H])[2H])c(O[C@H](CCN=[N+]=[N-])c2ccccc2)c1[2H]. The Morgan fingerprint density at radius 3 is 2.90 bits per heavy atom. The second kappa shape index (κ2) is 7.22. The maximum Gasteiger partial charge on any atom is 0.124 e. The van der Waals surface area contributed by atoms with E-state index in [1.807, 2.05) is 0 Å². The molecule has 0 saturated heterocycles. The van der Waals surface area contributed by atoms with Crippen LogP contribution in [0, 0.1) is 6.85 Å². The Bertz CT molecular complexity index is 865. The number of benzene rings is 2. The molecule has 0 aliphatic carbocycles. The number of rotatable bonds is 6. The third-order valence-electron chi connectivity index (χ3n) is 2.64. The first-order chi connectivity index (χ1) is 12.7. The van der Waals surface area contributed by atoms with Crippen molar-refractivity contribution in [3.05, 3.63) is 76.1 Å². The largest absolute Gasteiger partial charge is 0.485 e. The van der Waals surface area contributed by atoms with E-state index in [4.69, 9.17) is 19.9 Å². The van der Waals surface area contributed by atoms with Crippen LogP contribution in [-0.2, 0) is 0 Å². The van der Waals surface area contributed by atoms with Gasteiger partial charge in [0.1, 0.15) is 11.9 Å². The van der Waals surface area contributed by atoms with Crippen molar-refractivity contribution >= 4 is 0 Å². The molecule has 2 rings (SSSR count). The molecular weight excluding hydrogens is 250 g/mol. The van der Waals surface area contributed by atoms with E-state index >= 15 is 0 Å². The fourth-order valence-electron chi connectivity index (χ4n) is 1.71. The Morgan fingerprint density at radius 1 is 1.35 bits per heavy atom. The highest BCUT2D eigenvalue weighted by Gasteiger charge is 2.13. The van der Waals surface area contributed by atoms with E-state index in [-0.39, 0.29) is 13.0 Å². The Kier molecular flexibility index (Phi) is 2.66. The quantitative estimate of drug-likeness (QED) is 0.423. The van der Waals surface area contributed by atoms with Crippen molar-refractivity contribution < 1.29 is 14.3 Å². The van der Waals surface area contributed by atoms with Crippen molar-refractivity contribution in [1.29, 1.82) is 0 Å². The van der Waals surface area contributed by atoms with Crippen LogP contribution in [0.15, 0.2) is 59.6 Å². The molecule has 0 saturated carbocycles. The topological polar surface area (TPSA) is 58.0 Å². The summed E-state index contributed by atoms with van der Waals surface area (Å²) < 4.78 is 60.4. The highest BCUT2D eigenvalue weighted by Crippen LogP contribution is 2.27. The molecule has 0 aromatic heterocycles. The molecule has 0 aliphatic heterocycles. The molecule has 1 atom stereocenters. The second-order valence-electron chi connectivity index (χ2n) is 3.96. The first kappa shape index (κ1) is 7.36. The van der Waals surface area contributed by atoms with Gasteiger partial charge in [-0.1, -0.05) is 53.6 Å². The second-order valence-corrected chi connectivity index (χ2v) is 3.96. The van der Waals surface area contributed by atoms with Gasteiger partial charge in [-0.2, -0.15) is 0 Å². The third kappa shape index (κ3) is 3.77. The molecule has 0 radical (unpaired) electrons. The molecule has 2 aromatic rings. The van der Waals surface area contributed by atoms with Crippen molar-refractivity contribution in [3.63, 3.8) is 0 Å². The van der Waals surface area contributed by atoms with E-state index in [1.165, 1.54) is 0 Å². The predicted octanol–water partition coefficient (Wildman–Crippen LogP) is 4.82. The molecule has 4 heteroatoms. The summed E-state index contributed by atoms with van der Waals surface area (Å²) in [4.78, 5) is 2.68. The zero-order chi connectivity index (χ0) is 20.2. The number of para-hydroxylation sites is 1. The zero-order valence-corrected chi connectivity index (χ0v) is 10.6. The van der Waals surface area contributed by atoms with Crippen LogP contribution >= 0.6 is 0 Å². The molecule has 4 nitrogen and oxygen atoms in total. The number of hydrogen-bond donors (Lipinski definition) is 0. The Morgan fingerprint density at radius 2 is 2.15 bits per heavy atom. The van der Waals surface area contributed by atoms with Crippen LogP contribution < -0.4 is 4.74 Å². The highest BCUT2D eigenvalue weighted by atomic mass is 16.5. The van der Waals surface area contributed by atoms with Crippen molar-refractivity contribution in [3.8, 4) is 5.75 Å². The minimum absolute atomic E-state index is 0.0739. The number of ether oxygens (including phenoxy) is 1. The lowest BCUT2D eigenvalue weighted by Gasteiger charge is -2.20. The highest BCUT2D eigenvalue weighted by molar-refractivity contribution is 5.33. The van der Waals surface area contributed by atoms with Crippen LogP contribution in [0.3, 0.4) is 0 Å². The van der Waals surface area contributed by atoms with E-state index in [2.05, 4.69) is 10.0 Å². The summed E-state index contributed by atoms with van der Waals surface area (Å²) in [5, 5.41) is 3.46. The van der Waals surface area contributed by atoms with Gasteiger partial charge in [0.2, 0.25) is 0 Å². The summed E-state index contributed by atoms with van der Waals surface area (Å²) in [5.41, 5.74) is 8.57. The molecule has 0 bridgehead atoms. The molecule has 0 amide bonds. The van der Waals surface area contributed by atoms with Gasteiger partial charge in [-0.3, -0.25) is 0 Å². The third-order valence-corrected chi connectivity index (χ3v) is 2.64. The van der Waals surface area contributed by atoms with E-state index < -0.39 is 48.4 Å². The van der Waals surface area contributed by atoms with Gasteiger partial charge in [0, 0.05) is 15.6 Å². The Hall–Kier alpha value is -2.45. The molecule has 0 fully saturated rings. The van der Waals surface area contributed by atoms with Crippen LogP contribution in [0.25, 0.3) is 10.4 Å². The summed E-state index contributed by atoms with van der Waals surface area (Å²) in [6.07, 6.45) is -0.547. The normalized spacial score (nSPS) is 17.1. The minimum Gasteiger partial charge on any atom is -0.485 e. The molecule has 0 spiro atoms. The molecule has 0 N–H and O–H groups in total. The van der Waals surface area contributed by atoms with Gasteiger partial charge in [0.15, 0.2) is 0 Å². The molecule has 20 heavy (non-hydrogen) atoms. The summed E-state index contributed by atoms with van der Waals surface area (Å²) >= 11 is 0. The standard InChI is InChI=1S/C16H17N3O/c1-13-7-5-6-10-15(13)20-16(11-12-18-19-17)14-8-3-2-4-9-14/h2-10,16H,11-12H2,1H3/t16-/m1/s1/i1D3,5D,6D,7D,10D. The van der Waals surface area contributed by atoms with Crippen molar-refractivity contribution in [2.45, 2.75) is 19.4 Å². The summed E-state index contributed by atoms with van der Waals surface area (Å²) in [7, 11) is 0. The van der Waals surface area contributed by atoms with Crippen LogP contribution in [0.2, 0.25) is 0 Å². The van der Waals surface area contributed by atoms with Crippen LogP contribution in [-0.4, -0.2) is 6.54 Å². The predicted molar refractivity (Wildman–Crippen MR) is 79.6 cm³/mol. The maximum absolute atomic E-state index is 8.48. The van der Waals surface area contributed by atoms with Gasteiger partial charge < -0.3 is 4.74 Å². The monoisotopic (exact) mass is 274 g/mol. The minimum atomic E-state index is -2.79. The van der Waals surface area contributed by atoms with Crippen molar-refractivity contribution in [1.82, 2.24) is 0 Å². The van der Waals surface area contributed by atoms with Crippen LogP contribution in [0.1, 0.15) is 33.2 Å². The summed E-state index contributed by atoms with van der Waals surface area (Å²) in [5.74, 6) is -0.421. The van der Waals surface area contributed by atoms with Gasteiger partial charge in [0.25, 0.3) is 0 Å². The molecule has 0 aliphatic rings. The lowest BCUT2D eigenvalue weighted by atomic mass is 10.1. The van der Waals surface area contributed by atoms with Crippen molar-refractivity contribution in [2.24, 2.45) is 5.11 Å². The Labute approximate surface area is 128 Å². The summed E-state index contributed by atoms with van der Waals surface area (Å²) in [6.45, 7) is -2.72. The smallest absolute Gasteiger partial charge is 0.124 e. The number of nitrogens with zero attached hydrogens (tertiary/aromatic N) is 3. The van der Waals surface area contributed by atoms with Gasteiger partial charge in [-0.15, -0.1) is 0 Å². The van der Waals surface area contributed by atoms with Gasteiger partial charge >= 0.3 is 0 Å². The van der Waals surface area contributed by atoms with Crippen molar-refractivity contribution in [2.75, 3.05) is 6.54 Å². The molecule has 2 aromatic carbocycles. The number of azide groups is 1. The fraction of sp³-hybridized carbons (Fsp3) is 0.250. The van der Waals surface area contributed by atoms with E-state index in [0.717, 1.165) is 0 Å². The van der Waals surface area contributed by atoms with E-state index in [1.54, 1.807) is 30.3 Å². The van der Waals surface area contributed by atoms with Crippen LogP contribution in [0.5, 0.6) is 5.75 Å². The summed E-state index contributed by atoms with van der Waals surface area (Å²) in [6, 6.07) is 6.34. The lowest BCUT2D eigenvalue weighted by Crippen LogP contribution is -2.09. The number of hydrogen-bond acceptors (Lipinski definition) is 2. The molecule has 0 heterocycles. The fourth-order valence-corrected chi connectivity index (χ4v) is 1.71. The Balaban J connectivity index is 2.58. The average molecular weight is 274 g/mol. The average Bonchev–Trinajstić information content (AvgIpc) is 2.63. The van der Waals surface area contributed by atoms with Gasteiger partial charge in [-0.05, 0) is 36.0 Å². The lowest BCUT2D eigenvalue weighted by molar-refractivity contribution is 0.196. The first-order valence-corrected chi connectivity index (χ1v) is 6.01. The molecule has 0 unspecified atom stereocenters.